The number of hydrogen-bond acceptors (Lipinski definition) is 6. The molecule has 2 aromatic rings. The molecule has 0 atom stereocenters. The van der Waals surface area contributed by atoms with E-state index in [0.717, 1.165) is 12.3 Å². The van der Waals surface area contributed by atoms with E-state index >= 15 is 0 Å². The molecule has 98 valence electrons. The molecule has 1 aromatic heterocycles. The quantitative estimate of drug-likeness (QED) is 0.480. The maximum atomic E-state index is 11.9. The zero-order chi connectivity index (χ0) is 13.9. The van der Waals surface area contributed by atoms with Gasteiger partial charge in [0.15, 0.2) is 0 Å². The number of pyridine rings is 1. The van der Waals surface area contributed by atoms with E-state index < -0.39 is 15.0 Å². The third-order valence-electron chi connectivity index (χ3n) is 2.16. The monoisotopic (exact) mass is 280 g/mol. The van der Waals surface area contributed by atoms with Crippen molar-refractivity contribution in [2.75, 3.05) is 0 Å². The summed E-state index contributed by atoms with van der Waals surface area (Å²) in [7, 11) is -4.04. The van der Waals surface area contributed by atoms with Crippen LogP contribution in [0.2, 0.25) is 0 Å². The van der Waals surface area contributed by atoms with Gasteiger partial charge < -0.3 is 4.18 Å². The van der Waals surface area contributed by atoms with Crippen molar-refractivity contribution in [2.24, 2.45) is 0 Å². The fourth-order valence-corrected chi connectivity index (χ4v) is 2.21. The Morgan fingerprint density at radius 1 is 1.21 bits per heavy atom. The second-order valence-electron chi connectivity index (χ2n) is 3.48. The summed E-state index contributed by atoms with van der Waals surface area (Å²) < 4.78 is 28.5. The normalized spacial score (nSPS) is 10.9. The smallest absolute Gasteiger partial charge is 0.340 e. The number of benzene rings is 1. The van der Waals surface area contributed by atoms with Gasteiger partial charge in [0.2, 0.25) is 0 Å². The first-order chi connectivity index (χ1) is 8.99. The molecular formula is C11H8N2O5S. The second kappa shape index (κ2) is 5.02. The van der Waals surface area contributed by atoms with E-state index in [4.69, 9.17) is 4.18 Å². The Kier molecular flexibility index (Phi) is 3.43. The van der Waals surface area contributed by atoms with Crippen LogP contribution in [0.3, 0.4) is 0 Å². The van der Waals surface area contributed by atoms with Crippen molar-refractivity contribution < 1.29 is 17.5 Å². The molecular weight excluding hydrogens is 272 g/mol. The van der Waals surface area contributed by atoms with Crippen molar-refractivity contribution >= 4 is 15.8 Å². The molecule has 0 bridgehead atoms. The highest BCUT2D eigenvalue weighted by Gasteiger charge is 2.18. The van der Waals surface area contributed by atoms with Gasteiger partial charge in [0.05, 0.1) is 11.0 Å². The van der Waals surface area contributed by atoms with Gasteiger partial charge in [-0.25, -0.2) is 0 Å². The largest absolute Gasteiger partial charge is 0.379 e. The minimum Gasteiger partial charge on any atom is -0.379 e. The zero-order valence-corrected chi connectivity index (χ0v) is 10.3. The van der Waals surface area contributed by atoms with Gasteiger partial charge in [-0.2, -0.15) is 8.42 Å². The summed E-state index contributed by atoms with van der Waals surface area (Å²) in [6.45, 7) is 0. The minimum absolute atomic E-state index is 0.124. The molecule has 0 aliphatic heterocycles. The first-order valence-corrected chi connectivity index (χ1v) is 6.49. The highest BCUT2D eigenvalue weighted by Crippen LogP contribution is 2.22. The molecule has 0 aliphatic carbocycles. The Morgan fingerprint density at radius 3 is 2.63 bits per heavy atom. The summed E-state index contributed by atoms with van der Waals surface area (Å²) in [4.78, 5) is 13.5. The molecule has 2 rings (SSSR count). The standard InChI is InChI=1S/C11H8N2O5S/c14-13(15)9-3-1-4-10(7-9)18-19(16,17)11-5-2-6-12-8-11/h1-8H. The number of nitro groups is 1. The van der Waals surface area contributed by atoms with Crippen molar-refractivity contribution in [1.82, 2.24) is 4.98 Å². The predicted octanol–water partition coefficient (Wildman–Crippen LogP) is 1.76. The van der Waals surface area contributed by atoms with Crippen LogP contribution in [0, 0.1) is 10.1 Å². The van der Waals surface area contributed by atoms with Crippen LogP contribution in [0.25, 0.3) is 0 Å². The van der Waals surface area contributed by atoms with E-state index in [0.29, 0.717) is 0 Å². The third-order valence-corrected chi connectivity index (χ3v) is 3.39. The lowest BCUT2D eigenvalue weighted by atomic mass is 10.3. The summed E-state index contributed by atoms with van der Waals surface area (Å²) in [6, 6.07) is 7.70. The molecule has 0 unspecified atom stereocenters. The van der Waals surface area contributed by atoms with Crippen LogP contribution in [-0.2, 0) is 10.1 Å². The molecule has 0 spiro atoms. The summed E-state index contributed by atoms with van der Waals surface area (Å²) in [5.41, 5.74) is -0.251. The number of hydrogen-bond donors (Lipinski definition) is 0. The molecule has 0 radical (unpaired) electrons. The molecule has 1 aromatic carbocycles. The van der Waals surface area contributed by atoms with Crippen LogP contribution in [0.4, 0.5) is 5.69 Å². The maximum absolute atomic E-state index is 11.9. The third kappa shape index (κ3) is 3.05. The van der Waals surface area contributed by atoms with Gasteiger partial charge in [-0.05, 0) is 18.2 Å². The number of rotatable bonds is 4. The fraction of sp³-hybridized carbons (Fsp3) is 0. The Bertz CT molecular complexity index is 700. The molecule has 8 heteroatoms. The molecule has 0 aliphatic rings. The molecule has 0 saturated carbocycles. The highest BCUT2D eigenvalue weighted by atomic mass is 32.2. The fourth-order valence-electron chi connectivity index (χ4n) is 1.32. The van der Waals surface area contributed by atoms with E-state index in [2.05, 4.69) is 4.98 Å². The van der Waals surface area contributed by atoms with Gasteiger partial charge in [-0.3, -0.25) is 15.1 Å². The second-order valence-corrected chi connectivity index (χ2v) is 5.03. The van der Waals surface area contributed by atoms with E-state index in [9.17, 15) is 18.5 Å². The van der Waals surface area contributed by atoms with Crippen LogP contribution in [-0.4, -0.2) is 18.3 Å². The summed E-state index contributed by atoms with van der Waals surface area (Å²) in [5.74, 6) is -0.127. The molecule has 0 saturated heterocycles. The molecule has 7 nitrogen and oxygen atoms in total. The molecule has 0 amide bonds. The highest BCUT2D eigenvalue weighted by molar-refractivity contribution is 7.87. The summed E-state index contributed by atoms with van der Waals surface area (Å²) in [5, 5.41) is 10.6. The van der Waals surface area contributed by atoms with E-state index in [1.807, 2.05) is 0 Å². The van der Waals surface area contributed by atoms with Crippen molar-refractivity contribution in [1.29, 1.82) is 0 Å². The predicted molar refractivity (Wildman–Crippen MR) is 65.1 cm³/mol. The molecule has 0 fully saturated rings. The van der Waals surface area contributed by atoms with Crippen LogP contribution in [0.1, 0.15) is 0 Å². The van der Waals surface area contributed by atoms with E-state index in [1.54, 1.807) is 0 Å². The Hall–Kier alpha value is -2.48. The number of nitrogens with zero attached hydrogens (tertiary/aromatic N) is 2. The molecule has 1 heterocycles. The van der Waals surface area contributed by atoms with E-state index in [1.165, 1.54) is 36.5 Å². The molecule has 0 N–H and O–H groups in total. The van der Waals surface area contributed by atoms with Crippen LogP contribution in [0.5, 0.6) is 5.75 Å². The van der Waals surface area contributed by atoms with Crippen molar-refractivity contribution in [2.45, 2.75) is 4.90 Å². The Balaban J connectivity index is 2.31. The average Bonchev–Trinajstić information content (AvgIpc) is 2.39. The van der Waals surface area contributed by atoms with Crippen molar-refractivity contribution in [3.8, 4) is 5.75 Å². The van der Waals surface area contributed by atoms with Crippen LogP contribution < -0.4 is 4.18 Å². The number of nitro benzene ring substituents is 1. The van der Waals surface area contributed by atoms with Gasteiger partial charge in [0.1, 0.15) is 10.6 Å². The zero-order valence-electron chi connectivity index (χ0n) is 9.46. The number of aromatic nitrogens is 1. The van der Waals surface area contributed by atoms with Gasteiger partial charge in [0.25, 0.3) is 5.69 Å². The minimum atomic E-state index is -4.04. The lowest BCUT2D eigenvalue weighted by Crippen LogP contribution is -2.10. The first kappa shape index (κ1) is 13.0. The summed E-state index contributed by atoms with van der Waals surface area (Å²) in [6.07, 6.45) is 2.55. The maximum Gasteiger partial charge on any atom is 0.340 e. The van der Waals surface area contributed by atoms with E-state index in [-0.39, 0.29) is 16.3 Å². The SMILES string of the molecule is O=[N+]([O-])c1cccc(OS(=O)(=O)c2cccnc2)c1. The van der Waals surface area contributed by atoms with Gasteiger partial charge in [0, 0.05) is 18.5 Å². The topological polar surface area (TPSA) is 99.4 Å². The average molecular weight is 280 g/mol. The first-order valence-electron chi connectivity index (χ1n) is 5.08. The van der Waals surface area contributed by atoms with Gasteiger partial charge in [-0.1, -0.05) is 6.07 Å². The van der Waals surface area contributed by atoms with Gasteiger partial charge >= 0.3 is 10.1 Å². The number of non-ortho nitro benzene ring substituents is 1. The lowest BCUT2D eigenvalue weighted by Gasteiger charge is -2.05. The Morgan fingerprint density at radius 2 is 2.00 bits per heavy atom. The van der Waals surface area contributed by atoms with Crippen molar-refractivity contribution in [3.05, 3.63) is 58.9 Å². The molecule has 19 heavy (non-hydrogen) atoms. The van der Waals surface area contributed by atoms with Crippen molar-refractivity contribution in [3.63, 3.8) is 0 Å². The van der Waals surface area contributed by atoms with Crippen LogP contribution in [0.15, 0.2) is 53.7 Å². The van der Waals surface area contributed by atoms with Crippen LogP contribution >= 0.6 is 0 Å². The van der Waals surface area contributed by atoms with Gasteiger partial charge in [-0.15, -0.1) is 0 Å². The Labute approximate surface area is 108 Å². The summed E-state index contributed by atoms with van der Waals surface area (Å²) >= 11 is 0. The lowest BCUT2D eigenvalue weighted by molar-refractivity contribution is -0.384.